The van der Waals surface area contributed by atoms with Crippen LogP contribution in [0.3, 0.4) is 0 Å². The van der Waals surface area contributed by atoms with Gasteiger partial charge in [-0.3, -0.25) is 4.99 Å². The van der Waals surface area contributed by atoms with Crippen LogP contribution in [0.4, 0.5) is 5.69 Å². The number of fused-ring (bicyclic) bond motifs is 1. The molecule has 0 radical (unpaired) electrons. The van der Waals surface area contributed by atoms with E-state index in [2.05, 4.69) is 46.6 Å². The van der Waals surface area contributed by atoms with Gasteiger partial charge in [-0.15, -0.1) is 24.0 Å². The first-order valence-electron chi connectivity index (χ1n) is 8.50. The van der Waals surface area contributed by atoms with Gasteiger partial charge in [0.2, 0.25) is 0 Å². The summed E-state index contributed by atoms with van der Waals surface area (Å²) in [5.74, 6) is 1.23. The predicted molar refractivity (Wildman–Crippen MR) is 120 cm³/mol. The first-order valence-corrected chi connectivity index (χ1v) is 8.50. The number of para-hydroxylation sites is 1. The van der Waals surface area contributed by atoms with Crippen LogP contribution >= 0.6 is 24.0 Å². The number of halogens is 1. The van der Waals surface area contributed by atoms with Crippen molar-refractivity contribution in [3.8, 4) is 5.75 Å². The number of nitrogens with one attached hydrogen (secondary N) is 2. The van der Waals surface area contributed by atoms with Crippen molar-refractivity contribution in [1.29, 1.82) is 0 Å². The monoisotopic (exact) mass is 464 g/mol. The Morgan fingerprint density at radius 1 is 1.15 bits per heavy atom. The number of benzene rings is 2. The molecule has 138 valence electrons. The van der Waals surface area contributed by atoms with Crippen molar-refractivity contribution in [1.82, 2.24) is 4.98 Å². The highest BCUT2D eigenvalue weighted by atomic mass is 127. The van der Waals surface area contributed by atoms with Crippen LogP contribution in [0.5, 0.6) is 5.75 Å². The second kappa shape index (κ2) is 9.47. The molecule has 0 aliphatic heterocycles. The van der Waals surface area contributed by atoms with E-state index in [1.165, 1.54) is 22.0 Å². The average Bonchev–Trinajstić information content (AvgIpc) is 3.05. The molecule has 3 rings (SSSR count). The highest BCUT2D eigenvalue weighted by Gasteiger charge is 2.06. The molecule has 0 aliphatic carbocycles. The number of hydrogen-bond donors (Lipinski definition) is 3. The smallest absolute Gasteiger partial charge is 0.193 e. The van der Waals surface area contributed by atoms with E-state index in [1.54, 1.807) is 7.11 Å². The number of H-pyrrole nitrogens is 1. The van der Waals surface area contributed by atoms with Gasteiger partial charge in [0.25, 0.3) is 0 Å². The van der Waals surface area contributed by atoms with Gasteiger partial charge in [0.1, 0.15) is 5.75 Å². The van der Waals surface area contributed by atoms with E-state index in [0.29, 0.717) is 12.5 Å². The largest absolute Gasteiger partial charge is 0.497 e. The molecule has 0 amide bonds. The van der Waals surface area contributed by atoms with Crippen LogP contribution in [0, 0.1) is 0 Å². The Bertz CT molecular complexity index is 871. The van der Waals surface area contributed by atoms with Crippen molar-refractivity contribution >= 4 is 46.5 Å². The maximum Gasteiger partial charge on any atom is 0.193 e. The lowest BCUT2D eigenvalue weighted by atomic mass is 10.1. The number of aromatic amines is 1. The first-order chi connectivity index (χ1) is 12.2. The molecule has 0 aliphatic rings. The minimum absolute atomic E-state index is 0. The zero-order valence-corrected chi connectivity index (χ0v) is 17.4. The Labute approximate surface area is 171 Å². The number of aryl methyl sites for hydroxylation is 1. The number of aliphatic imine (C=N–C) groups is 1. The summed E-state index contributed by atoms with van der Waals surface area (Å²) in [5, 5.41) is 4.37. The minimum Gasteiger partial charge on any atom is -0.497 e. The maximum atomic E-state index is 5.97. The summed E-state index contributed by atoms with van der Waals surface area (Å²) in [6.07, 6.45) is 3.94. The van der Waals surface area contributed by atoms with Crippen molar-refractivity contribution in [2.45, 2.75) is 19.8 Å². The number of rotatable bonds is 6. The summed E-state index contributed by atoms with van der Waals surface area (Å²) in [6, 6.07) is 14.0. The van der Waals surface area contributed by atoms with Crippen molar-refractivity contribution in [3.05, 3.63) is 59.8 Å². The number of nitrogens with zero attached hydrogens (tertiary/aromatic N) is 1. The van der Waals surface area contributed by atoms with Crippen LogP contribution in [-0.2, 0) is 12.8 Å². The third-order valence-electron chi connectivity index (χ3n) is 4.29. The Morgan fingerprint density at radius 3 is 2.62 bits per heavy atom. The number of aromatic nitrogens is 1. The Hall–Kier alpha value is -2.22. The zero-order valence-electron chi connectivity index (χ0n) is 15.1. The topological polar surface area (TPSA) is 75.4 Å². The van der Waals surface area contributed by atoms with Crippen LogP contribution in [0.25, 0.3) is 10.9 Å². The van der Waals surface area contributed by atoms with Crippen LogP contribution < -0.4 is 15.8 Å². The fourth-order valence-electron chi connectivity index (χ4n) is 2.94. The maximum absolute atomic E-state index is 5.97. The van der Waals surface area contributed by atoms with Crippen molar-refractivity contribution in [2.75, 3.05) is 19.0 Å². The highest BCUT2D eigenvalue weighted by Crippen LogP contribution is 2.22. The number of methoxy groups -OCH3 is 1. The lowest BCUT2D eigenvalue weighted by Crippen LogP contribution is -2.23. The van der Waals surface area contributed by atoms with Crippen LogP contribution in [0.2, 0.25) is 0 Å². The first kappa shape index (κ1) is 20.1. The number of nitrogens with two attached hydrogens (primary N) is 1. The Morgan fingerprint density at radius 2 is 1.92 bits per heavy atom. The van der Waals surface area contributed by atoms with Crippen molar-refractivity contribution in [3.63, 3.8) is 0 Å². The van der Waals surface area contributed by atoms with E-state index in [9.17, 15) is 0 Å². The van der Waals surface area contributed by atoms with Crippen molar-refractivity contribution < 1.29 is 4.74 Å². The van der Waals surface area contributed by atoms with Gasteiger partial charge in [0.15, 0.2) is 5.96 Å². The molecule has 6 heteroatoms. The van der Waals surface area contributed by atoms with Gasteiger partial charge >= 0.3 is 0 Å². The van der Waals surface area contributed by atoms with E-state index in [-0.39, 0.29) is 24.0 Å². The summed E-state index contributed by atoms with van der Waals surface area (Å²) < 4.78 is 5.14. The minimum atomic E-state index is 0. The second-order valence-corrected chi connectivity index (χ2v) is 5.88. The summed E-state index contributed by atoms with van der Waals surface area (Å²) >= 11 is 0. The lowest BCUT2D eigenvalue weighted by molar-refractivity contribution is 0.415. The van der Waals surface area contributed by atoms with Gasteiger partial charge < -0.3 is 20.8 Å². The van der Waals surface area contributed by atoms with Gasteiger partial charge in [0, 0.05) is 29.3 Å². The van der Waals surface area contributed by atoms with E-state index >= 15 is 0 Å². The SMILES string of the molecule is CCc1cccc2c(CCN=C(N)Nc3ccc(OC)cc3)c[nH]c12.I. The van der Waals surface area contributed by atoms with Crippen molar-refractivity contribution in [2.24, 2.45) is 10.7 Å². The Kier molecular flexibility index (Phi) is 7.32. The van der Waals surface area contributed by atoms with E-state index in [1.807, 2.05) is 24.3 Å². The molecule has 2 aromatic carbocycles. The molecule has 1 aromatic heterocycles. The van der Waals surface area contributed by atoms with Gasteiger partial charge in [-0.2, -0.15) is 0 Å². The fraction of sp³-hybridized carbons (Fsp3) is 0.250. The fourth-order valence-corrected chi connectivity index (χ4v) is 2.94. The molecule has 0 unspecified atom stereocenters. The number of anilines is 1. The molecule has 0 saturated carbocycles. The van der Waals surface area contributed by atoms with E-state index in [4.69, 9.17) is 10.5 Å². The average molecular weight is 464 g/mol. The molecule has 0 fully saturated rings. The summed E-state index contributed by atoms with van der Waals surface area (Å²) in [4.78, 5) is 7.81. The second-order valence-electron chi connectivity index (χ2n) is 5.88. The molecule has 0 saturated heterocycles. The number of guanidine groups is 1. The van der Waals surface area contributed by atoms with Crippen LogP contribution in [0.15, 0.2) is 53.7 Å². The zero-order chi connectivity index (χ0) is 17.6. The molecular weight excluding hydrogens is 439 g/mol. The quantitative estimate of drug-likeness (QED) is 0.289. The molecule has 5 nitrogen and oxygen atoms in total. The molecule has 3 aromatic rings. The standard InChI is InChI=1S/C20H24N4O.HI/c1-3-14-5-4-6-18-15(13-23-19(14)18)11-12-22-20(21)24-16-7-9-17(25-2)10-8-16;/h4-10,13,23H,3,11-12H2,1-2H3,(H3,21,22,24);1H. The van der Waals surface area contributed by atoms with Gasteiger partial charge in [-0.25, -0.2) is 0 Å². The molecule has 4 N–H and O–H groups in total. The summed E-state index contributed by atoms with van der Waals surface area (Å²) in [6.45, 7) is 2.81. The molecular formula is C20H25IN4O. The third kappa shape index (κ3) is 4.69. The van der Waals surface area contributed by atoms with Crippen LogP contribution in [0.1, 0.15) is 18.1 Å². The molecule has 0 spiro atoms. The molecule has 0 bridgehead atoms. The van der Waals surface area contributed by atoms with E-state index < -0.39 is 0 Å². The van der Waals surface area contributed by atoms with Crippen LogP contribution in [-0.4, -0.2) is 24.6 Å². The third-order valence-corrected chi connectivity index (χ3v) is 4.29. The lowest BCUT2D eigenvalue weighted by Gasteiger charge is -2.06. The molecule has 1 heterocycles. The van der Waals surface area contributed by atoms with Gasteiger partial charge in [-0.05, 0) is 48.2 Å². The van der Waals surface area contributed by atoms with Gasteiger partial charge in [-0.1, -0.05) is 25.1 Å². The number of hydrogen-bond acceptors (Lipinski definition) is 2. The van der Waals surface area contributed by atoms with E-state index in [0.717, 1.165) is 24.3 Å². The highest BCUT2D eigenvalue weighted by molar-refractivity contribution is 14.0. The normalized spacial score (nSPS) is 11.2. The molecule has 26 heavy (non-hydrogen) atoms. The number of ether oxygens (including phenoxy) is 1. The Balaban J connectivity index is 0.00000243. The summed E-state index contributed by atoms with van der Waals surface area (Å²) in [5.41, 5.74) is 10.7. The molecule has 0 atom stereocenters. The van der Waals surface area contributed by atoms with Gasteiger partial charge in [0.05, 0.1) is 7.11 Å². The predicted octanol–water partition coefficient (Wildman–Crippen LogP) is 4.33. The summed E-state index contributed by atoms with van der Waals surface area (Å²) in [7, 11) is 1.65.